The fourth-order valence-corrected chi connectivity index (χ4v) is 0.778. The summed E-state index contributed by atoms with van der Waals surface area (Å²) in [6.07, 6.45) is 1.01. The number of amidine groups is 1. The monoisotopic (exact) mass is 142 g/mol. The first-order valence-corrected chi connectivity index (χ1v) is 4.01. The standard InChI is InChI=1S/C8H18N2/c1-5-8(9-6-2)10-7(3)4/h7H,5-6H2,1-4H3,(H,9,10). The Kier molecular flexibility index (Phi) is 4.99. The molecule has 0 unspecified atom stereocenters. The van der Waals surface area contributed by atoms with Crippen molar-refractivity contribution in [2.45, 2.75) is 40.2 Å². The molecule has 0 bridgehead atoms. The summed E-state index contributed by atoms with van der Waals surface area (Å²) in [5.74, 6) is 1.12. The van der Waals surface area contributed by atoms with Gasteiger partial charge in [0.25, 0.3) is 0 Å². The maximum Gasteiger partial charge on any atom is 0.0963 e. The number of rotatable bonds is 3. The minimum atomic E-state index is 0.411. The van der Waals surface area contributed by atoms with Gasteiger partial charge in [0, 0.05) is 19.0 Å². The van der Waals surface area contributed by atoms with Gasteiger partial charge < -0.3 is 5.32 Å². The lowest BCUT2D eigenvalue weighted by atomic mass is 10.4. The first kappa shape index (κ1) is 9.47. The highest BCUT2D eigenvalue weighted by Crippen LogP contribution is 1.89. The maximum atomic E-state index is 4.39. The molecule has 0 heterocycles. The van der Waals surface area contributed by atoms with Gasteiger partial charge in [0.1, 0.15) is 0 Å². The van der Waals surface area contributed by atoms with E-state index < -0.39 is 0 Å². The second-order valence-electron chi connectivity index (χ2n) is 2.55. The Balaban J connectivity index is 3.78. The molecule has 2 nitrogen and oxygen atoms in total. The highest BCUT2D eigenvalue weighted by Gasteiger charge is 1.93. The second kappa shape index (κ2) is 5.27. The van der Waals surface area contributed by atoms with E-state index in [1.807, 2.05) is 0 Å². The zero-order valence-electron chi connectivity index (χ0n) is 7.44. The molecule has 0 radical (unpaired) electrons. The Morgan fingerprint density at radius 3 is 2.30 bits per heavy atom. The normalized spacial score (nSPS) is 12.3. The summed E-state index contributed by atoms with van der Waals surface area (Å²) < 4.78 is 0. The first-order chi connectivity index (χ1) is 4.70. The number of hydrogen-bond acceptors (Lipinski definition) is 1. The average Bonchev–Trinajstić information content (AvgIpc) is 1.86. The molecule has 0 aliphatic carbocycles. The van der Waals surface area contributed by atoms with Crippen molar-refractivity contribution in [3.63, 3.8) is 0 Å². The van der Waals surface area contributed by atoms with Crippen LogP contribution in [0.1, 0.15) is 34.1 Å². The van der Waals surface area contributed by atoms with Crippen molar-refractivity contribution < 1.29 is 0 Å². The molecule has 0 spiro atoms. The van der Waals surface area contributed by atoms with Crippen LogP contribution in [0.25, 0.3) is 0 Å². The van der Waals surface area contributed by atoms with E-state index in [0.29, 0.717) is 6.04 Å². The molecule has 0 aromatic heterocycles. The zero-order valence-corrected chi connectivity index (χ0v) is 7.44. The Morgan fingerprint density at radius 2 is 2.00 bits per heavy atom. The van der Waals surface area contributed by atoms with Crippen LogP contribution in [0, 0.1) is 0 Å². The fraction of sp³-hybridized carbons (Fsp3) is 0.875. The minimum absolute atomic E-state index is 0.411. The van der Waals surface area contributed by atoms with Crippen molar-refractivity contribution in [2.75, 3.05) is 6.54 Å². The summed E-state index contributed by atoms with van der Waals surface area (Å²) in [6, 6.07) is 0.411. The second-order valence-corrected chi connectivity index (χ2v) is 2.55. The number of nitrogens with one attached hydrogen (secondary N) is 1. The van der Waals surface area contributed by atoms with Crippen LogP contribution in [0.5, 0.6) is 0 Å². The van der Waals surface area contributed by atoms with Crippen LogP contribution in [-0.2, 0) is 0 Å². The SMILES string of the molecule is CCN/C(CC)=N/C(C)C. The van der Waals surface area contributed by atoms with Gasteiger partial charge >= 0.3 is 0 Å². The fourth-order valence-electron chi connectivity index (χ4n) is 0.778. The maximum absolute atomic E-state index is 4.39. The number of nitrogens with zero attached hydrogens (tertiary/aromatic N) is 1. The van der Waals surface area contributed by atoms with Gasteiger partial charge in [-0.25, -0.2) is 0 Å². The Morgan fingerprint density at radius 1 is 1.40 bits per heavy atom. The smallest absolute Gasteiger partial charge is 0.0963 e. The van der Waals surface area contributed by atoms with Crippen molar-refractivity contribution in [3.8, 4) is 0 Å². The summed E-state index contributed by atoms with van der Waals surface area (Å²) in [6.45, 7) is 9.36. The van der Waals surface area contributed by atoms with Gasteiger partial charge in [-0.1, -0.05) is 6.92 Å². The number of hydrogen-bond donors (Lipinski definition) is 1. The lowest BCUT2D eigenvalue weighted by Gasteiger charge is -2.06. The third-order valence-electron chi connectivity index (χ3n) is 1.13. The van der Waals surface area contributed by atoms with E-state index in [1.165, 1.54) is 0 Å². The molecular weight excluding hydrogens is 124 g/mol. The average molecular weight is 142 g/mol. The van der Waals surface area contributed by atoms with Gasteiger partial charge in [0.2, 0.25) is 0 Å². The largest absolute Gasteiger partial charge is 0.374 e. The van der Waals surface area contributed by atoms with Crippen molar-refractivity contribution in [1.82, 2.24) is 5.32 Å². The van der Waals surface area contributed by atoms with E-state index >= 15 is 0 Å². The highest BCUT2D eigenvalue weighted by molar-refractivity contribution is 5.81. The molecule has 0 amide bonds. The quantitative estimate of drug-likeness (QED) is 0.471. The molecule has 0 aliphatic heterocycles. The molecule has 10 heavy (non-hydrogen) atoms. The molecule has 0 fully saturated rings. The summed E-state index contributed by atoms with van der Waals surface area (Å²) in [7, 11) is 0. The lowest BCUT2D eigenvalue weighted by Crippen LogP contribution is -2.23. The van der Waals surface area contributed by atoms with Gasteiger partial charge in [-0.2, -0.15) is 0 Å². The molecule has 1 N–H and O–H groups in total. The minimum Gasteiger partial charge on any atom is -0.374 e. The Labute approximate surface area is 63.7 Å². The lowest BCUT2D eigenvalue weighted by molar-refractivity contribution is 0.805. The molecule has 0 saturated carbocycles. The van der Waals surface area contributed by atoms with E-state index in [4.69, 9.17) is 0 Å². The van der Waals surface area contributed by atoms with Crippen LogP contribution in [0.15, 0.2) is 4.99 Å². The zero-order chi connectivity index (χ0) is 7.98. The van der Waals surface area contributed by atoms with Gasteiger partial charge in [0.05, 0.1) is 5.84 Å². The highest BCUT2D eigenvalue weighted by atomic mass is 15.0. The van der Waals surface area contributed by atoms with Crippen LogP contribution in [0.4, 0.5) is 0 Å². The summed E-state index contributed by atoms with van der Waals surface area (Å²) in [5, 5.41) is 3.21. The van der Waals surface area contributed by atoms with Crippen molar-refractivity contribution in [1.29, 1.82) is 0 Å². The molecule has 0 aliphatic rings. The van der Waals surface area contributed by atoms with Gasteiger partial charge in [-0.3, -0.25) is 4.99 Å². The van der Waals surface area contributed by atoms with E-state index in [-0.39, 0.29) is 0 Å². The van der Waals surface area contributed by atoms with Crippen molar-refractivity contribution >= 4 is 5.84 Å². The molecule has 2 heteroatoms. The molecule has 0 saturated heterocycles. The van der Waals surface area contributed by atoms with E-state index in [9.17, 15) is 0 Å². The third kappa shape index (κ3) is 4.36. The van der Waals surface area contributed by atoms with Gasteiger partial charge in [0.15, 0.2) is 0 Å². The van der Waals surface area contributed by atoms with Gasteiger partial charge in [-0.05, 0) is 20.8 Å². The molecule has 0 atom stereocenters. The molecule has 0 aromatic rings. The van der Waals surface area contributed by atoms with Crippen LogP contribution >= 0.6 is 0 Å². The van der Waals surface area contributed by atoms with E-state index in [1.54, 1.807) is 0 Å². The van der Waals surface area contributed by atoms with E-state index in [2.05, 4.69) is 38.0 Å². The molecule has 60 valence electrons. The van der Waals surface area contributed by atoms with Gasteiger partial charge in [-0.15, -0.1) is 0 Å². The van der Waals surface area contributed by atoms with Crippen LogP contribution in [0.3, 0.4) is 0 Å². The summed E-state index contributed by atoms with van der Waals surface area (Å²) in [5.41, 5.74) is 0. The molecule has 0 aromatic carbocycles. The van der Waals surface area contributed by atoms with E-state index in [0.717, 1.165) is 18.8 Å². The summed E-state index contributed by atoms with van der Waals surface area (Å²) >= 11 is 0. The predicted molar refractivity (Wildman–Crippen MR) is 46.5 cm³/mol. The van der Waals surface area contributed by atoms with Crippen LogP contribution < -0.4 is 5.32 Å². The summed E-state index contributed by atoms with van der Waals surface area (Å²) in [4.78, 5) is 4.39. The first-order valence-electron chi connectivity index (χ1n) is 4.01. The molecule has 0 rings (SSSR count). The topological polar surface area (TPSA) is 24.4 Å². The predicted octanol–water partition coefficient (Wildman–Crippen LogP) is 1.81. The molecular formula is C8H18N2. The third-order valence-corrected chi connectivity index (χ3v) is 1.13. The van der Waals surface area contributed by atoms with Crippen molar-refractivity contribution in [2.24, 2.45) is 4.99 Å². The van der Waals surface area contributed by atoms with Crippen molar-refractivity contribution in [3.05, 3.63) is 0 Å². The number of aliphatic imine (C=N–C) groups is 1. The van der Waals surface area contributed by atoms with Crippen LogP contribution in [0.2, 0.25) is 0 Å². The Bertz CT molecular complexity index is 106. The van der Waals surface area contributed by atoms with Crippen LogP contribution in [-0.4, -0.2) is 18.4 Å². The Hall–Kier alpha value is -0.530.